The van der Waals surface area contributed by atoms with Gasteiger partial charge in [0, 0.05) is 23.7 Å². The third kappa shape index (κ3) is 4.24. The van der Waals surface area contributed by atoms with Crippen molar-refractivity contribution in [1.82, 2.24) is 14.6 Å². The van der Waals surface area contributed by atoms with Gasteiger partial charge < -0.3 is 15.5 Å². The number of hydrogen-bond donors (Lipinski definition) is 4. The molecule has 34 heavy (non-hydrogen) atoms. The summed E-state index contributed by atoms with van der Waals surface area (Å²) in [6, 6.07) is 15.3. The SMILES string of the molecule is Cc1ccc(-c2cc3nccc(N[C@@H]4CC(COS(N)(=O)=O)[C@@H](O)[C@H]4O)n3n2)c2ccccc12. The van der Waals surface area contributed by atoms with E-state index in [1.807, 2.05) is 24.3 Å². The van der Waals surface area contributed by atoms with Crippen molar-refractivity contribution in [3.05, 3.63) is 60.3 Å². The minimum atomic E-state index is -4.14. The molecule has 0 aliphatic heterocycles. The largest absolute Gasteiger partial charge is 0.390 e. The highest BCUT2D eigenvalue weighted by Crippen LogP contribution is 2.32. The summed E-state index contributed by atoms with van der Waals surface area (Å²) in [5, 5.41) is 36.0. The molecule has 1 fully saturated rings. The predicted molar refractivity (Wildman–Crippen MR) is 127 cm³/mol. The summed E-state index contributed by atoms with van der Waals surface area (Å²) in [4.78, 5) is 4.41. The Labute approximate surface area is 196 Å². The van der Waals surface area contributed by atoms with Gasteiger partial charge in [-0.25, -0.2) is 10.1 Å². The molecule has 4 atom stereocenters. The van der Waals surface area contributed by atoms with Crippen molar-refractivity contribution in [2.45, 2.75) is 31.6 Å². The van der Waals surface area contributed by atoms with Crippen LogP contribution in [0.3, 0.4) is 0 Å². The van der Waals surface area contributed by atoms with Crippen molar-refractivity contribution >= 4 is 32.5 Å². The molecule has 0 bridgehead atoms. The van der Waals surface area contributed by atoms with Crippen molar-refractivity contribution in [2.75, 3.05) is 11.9 Å². The normalized spacial score (nSPS) is 23.1. The average molecular weight is 484 g/mol. The molecule has 2 aromatic heterocycles. The molecule has 0 saturated heterocycles. The predicted octanol–water partition coefficient (Wildman–Crippen LogP) is 1.60. The van der Waals surface area contributed by atoms with Gasteiger partial charge >= 0.3 is 10.3 Å². The molecule has 0 spiro atoms. The van der Waals surface area contributed by atoms with Crippen LogP contribution in [0.5, 0.6) is 0 Å². The smallest absolute Gasteiger partial charge is 0.333 e. The minimum absolute atomic E-state index is 0.276. The maximum absolute atomic E-state index is 11.1. The van der Waals surface area contributed by atoms with E-state index in [1.165, 1.54) is 5.56 Å². The fraction of sp³-hybridized carbons (Fsp3) is 0.304. The highest BCUT2D eigenvalue weighted by atomic mass is 32.2. The first-order valence-electron chi connectivity index (χ1n) is 10.8. The number of aliphatic hydroxyl groups is 2. The van der Waals surface area contributed by atoms with E-state index in [0.29, 0.717) is 11.5 Å². The molecule has 10 nitrogen and oxygen atoms in total. The Kier molecular flexibility index (Phi) is 5.74. The summed E-state index contributed by atoms with van der Waals surface area (Å²) in [6.45, 7) is 1.76. The van der Waals surface area contributed by atoms with Gasteiger partial charge in [0.05, 0.1) is 24.4 Å². The number of aromatic nitrogens is 3. The zero-order valence-electron chi connectivity index (χ0n) is 18.4. The zero-order valence-corrected chi connectivity index (χ0v) is 19.2. The van der Waals surface area contributed by atoms with Gasteiger partial charge in [0.15, 0.2) is 5.65 Å². The first-order chi connectivity index (χ1) is 16.2. The van der Waals surface area contributed by atoms with Gasteiger partial charge in [-0.1, -0.05) is 36.4 Å². The minimum Gasteiger partial charge on any atom is -0.390 e. The van der Waals surface area contributed by atoms with Crippen LogP contribution >= 0.6 is 0 Å². The maximum atomic E-state index is 11.1. The molecule has 1 aliphatic carbocycles. The molecule has 178 valence electrons. The molecule has 4 aromatic rings. The number of nitrogens with zero attached hydrogens (tertiary/aromatic N) is 3. The summed E-state index contributed by atoms with van der Waals surface area (Å²) < 4.78 is 28.5. The number of fused-ring (bicyclic) bond motifs is 2. The number of anilines is 1. The average Bonchev–Trinajstić information content (AvgIpc) is 3.35. The number of rotatable bonds is 6. The second kappa shape index (κ2) is 8.60. The van der Waals surface area contributed by atoms with Crippen LogP contribution in [0.1, 0.15) is 12.0 Å². The van der Waals surface area contributed by atoms with Crippen molar-refractivity contribution in [1.29, 1.82) is 0 Å². The van der Waals surface area contributed by atoms with E-state index in [-0.39, 0.29) is 13.0 Å². The van der Waals surface area contributed by atoms with Crippen LogP contribution in [0.2, 0.25) is 0 Å². The summed E-state index contributed by atoms with van der Waals surface area (Å²) in [5.41, 5.74) is 3.53. The molecule has 2 aromatic carbocycles. The zero-order chi connectivity index (χ0) is 24.0. The van der Waals surface area contributed by atoms with E-state index < -0.39 is 34.5 Å². The lowest BCUT2D eigenvalue weighted by molar-refractivity contribution is 0.00777. The van der Waals surface area contributed by atoms with E-state index in [2.05, 4.69) is 39.6 Å². The molecule has 1 saturated carbocycles. The van der Waals surface area contributed by atoms with Crippen molar-refractivity contribution in [3.63, 3.8) is 0 Å². The van der Waals surface area contributed by atoms with Crippen molar-refractivity contribution in [3.8, 4) is 11.3 Å². The summed E-state index contributed by atoms with van der Waals surface area (Å²) in [7, 11) is -4.14. The van der Waals surface area contributed by atoms with Crippen LogP contribution in [-0.4, -0.2) is 58.1 Å². The second-order valence-corrected chi connectivity index (χ2v) is 9.83. The Bertz CT molecular complexity index is 1470. The van der Waals surface area contributed by atoms with Crippen LogP contribution in [-0.2, 0) is 14.5 Å². The van der Waals surface area contributed by atoms with Gasteiger partial charge in [0.2, 0.25) is 0 Å². The number of nitrogens with one attached hydrogen (secondary N) is 1. The van der Waals surface area contributed by atoms with Gasteiger partial charge in [-0.2, -0.15) is 18.0 Å². The van der Waals surface area contributed by atoms with Gasteiger partial charge in [0.25, 0.3) is 0 Å². The van der Waals surface area contributed by atoms with Crippen LogP contribution in [0.4, 0.5) is 5.82 Å². The molecule has 0 radical (unpaired) electrons. The highest BCUT2D eigenvalue weighted by Gasteiger charge is 2.42. The number of benzene rings is 2. The first-order valence-corrected chi connectivity index (χ1v) is 12.3. The lowest BCUT2D eigenvalue weighted by Gasteiger charge is -2.19. The van der Waals surface area contributed by atoms with Crippen LogP contribution < -0.4 is 10.5 Å². The van der Waals surface area contributed by atoms with Crippen LogP contribution in [0.25, 0.3) is 27.7 Å². The molecule has 1 unspecified atom stereocenters. The monoisotopic (exact) mass is 483 g/mol. The third-order valence-corrected chi connectivity index (χ3v) is 6.82. The van der Waals surface area contributed by atoms with Gasteiger partial charge in [0.1, 0.15) is 11.9 Å². The van der Waals surface area contributed by atoms with Crippen LogP contribution in [0.15, 0.2) is 54.7 Å². The van der Waals surface area contributed by atoms with E-state index in [4.69, 9.17) is 10.2 Å². The van der Waals surface area contributed by atoms with E-state index in [1.54, 1.807) is 16.8 Å². The molecule has 11 heteroatoms. The maximum Gasteiger partial charge on any atom is 0.333 e. The van der Waals surface area contributed by atoms with Crippen molar-refractivity contribution < 1.29 is 22.8 Å². The first kappa shape index (κ1) is 22.7. The highest BCUT2D eigenvalue weighted by molar-refractivity contribution is 7.84. The van der Waals surface area contributed by atoms with Crippen LogP contribution in [0, 0.1) is 12.8 Å². The molecular weight excluding hydrogens is 458 g/mol. The van der Waals surface area contributed by atoms with Gasteiger partial charge in [-0.05, 0) is 35.7 Å². The summed E-state index contributed by atoms with van der Waals surface area (Å²) >= 11 is 0. The third-order valence-electron chi connectivity index (χ3n) is 6.36. The fourth-order valence-corrected chi connectivity index (χ4v) is 4.98. The molecule has 1 aliphatic rings. The van der Waals surface area contributed by atoms with E-state index in [9.17, 15) is 18.6 Å². The molecule has 2 heterocycles. The Morgan fingerprint density at radius 2 is 1.91 bits per heavy atom. The number of aliphatic hydroxyl groups excluding tert-OH is 2. The lowest BCUT2D eigenvalue weighted by atomic mass is 9.99. The molecule has 0 amide bonds. The Balaban J connectivity index is 1.45. The Morgan fingerprint density at radius 3 is 2.68 bits per heavy atom. The summed E-state index contributed by atoms with van der Waals surface area (Å²) in [5.74, 6) is -0.0211. The standard InChI is InChI=1S/C23H25N5O5S/c1-13-6-7-17(16-5-3-2-4-15(13)16)18-11-21-25-9-8-20(28(21)27-18)26-19-10-14(22(29)23(19)30)12-33-34(24,31)32/h2-9,11,14,19,22-23,26,29-30H,10,12H2,1H3,(H2,24,31,32)/t14?,19-,22-,23+/m1/s1. The van der Waals surface area contributed by atoms with E-state index >= 15 is 0 Å². The fourth-order valence-electron chi connectivity index (χ4n) is 4.61. The van der Waals surface area contributed by atoms with Gasteiger partial charge in [-0.3, -0.25) is 4.18 Å². The van der Waals surface area contributed by atoms with Gasteiger partial charge in [-0.15, -0.1) is 0 Å². The number of nitrogens with two attached hydrogens (primary N) is 1. The number of hydrogen-bond acceptors (Lipinski definition) is 8. The molecule has 5 N–H and O–H groups in total. The quantitative estimate of drug-likeness (QED) is 0.323. The lowest BCUT2D eigenvalue weighted by Crippen LogP contribution is -2.36. The van der Waals surface area contributed by atoms with Crippen molar-refractivity contribution in [2.24, 2.45) is 11.1 Å². The molecular formula is C23H25N5O5S. The number of aryl methyl sites for hydroxylation is 1. The Morgan fingerprint density at radius 1 is 1.15 bits per heavy atom. The van der Waals surface area contributed by atoms with E-state index in [0.717, 1.165) is 22.0 Å². The topological polar surface area (TPSA) is 152 Å². The second-order valence-electron chi connectivity index (χ2n) is 8.61. The Hall–Kier alpha value is -3.09. The molecule has 5 rings (SSSR count). The summed E-state index contributed by atoms with van der Waals surface area (Å²) in [6.07, 6.45) is -0.384.